The quantitative estimate of drug-likeness (QED) is 0.940. The van der Waals surface area contributed by atoms with E-state index in [4.69, 9.17) is 9.84 Å². The van der Waals surface area contributed by atoms with Gasteiger partial charge in [-0.1, -0.05) is 15.9 Å². The largest absolute Gasteiger partial charge is 0.424 e. The fourth-order valence-corrected chi connectivity index (χ4v) is 1.97. The molecular weight excluding hydrogens is 308 g/mol. The van der Waals surface area contributed by atoms with Crippen molar-refractivity contribution in [1.29, 1.82) is 0 Å². The molecule has 0 unspecified atom stereocenters. The van der Waals surface area contributed by atoms with Crippen LogP contribution in [-0.4, -0.2) is 15.1 Å². The first kappa shape index (κ1) is 14.0. The minimum Gasteiger partial charge on any atom is -0.424 e. The number of aliphatic hydroxyl groups is 1. The average molecular weight is 323 g/mol. The number of nitrogens with zero attached hydrogens (tertiary/aromatic N) is 2. The summed E-state index contributed by atoms with van der Waals surface area (Å²) >= 11 is 3.51. The lowest BCUT2D eigenvalue weighted by Gasteiger charge is -2.09. The molecule has 19 heavy (non-hydrogen) atoms. The maximum atomic E-state index is 9.08. The van der Waals surface area contributed by atoms with Crippen molar-refractivity contribution in [3.05, 3.63) is 45.2 Å². The standard InChI is InChI=1S/C14H15BrN2O2/c1-8-4-12(5-9(2)13(8)15)19-14-16-6-11(7-18)10(3)17-14/h4-6,18H,7H2,1-3H3. The maximum absolute atomic E-state index is 9.08. The zero-order chi connectivity index (χ0) is 14.0. The monoisotopic (exact) mass is 322 g/mol. The third-order valence-electron chi connectivity index (χ3n) is 2.85. The topological polar surface area (TPSA) is 55.2 Å². The molecule has 0 bridgehead atoms. The van der Waals surface area contributed by atoms with Crippen molar-refractivity contribution in [1.82, 2.24) is 9.97 Å². The summed E-state index contributed by atoms with van der Waals surface area (Å²) in [7, 11) is 0. The molecule has 0 atom stereocenters. The number of rotatable bonds is 3. The van der Waals surface area contributed by atoms with Gasteiger partial charge in [-0.25, -0.2) is 4.98 Å². The third-order valence-corrected chi connectivity index (χ3v) is 4.10. The summed E-state index contributed by atoms with van der Waals surface area (Å²) in [5.41, 5.74) is 3.62. The Kier molecular flexibility index (Phi) is 4.17. The Morgan fingerprint density at radius 2 is 1.84 bits per heavy atom. The number of hydrogen-bond acceptors (Lipinski definition) is 4. The van der Waals surface area contributed by atoms with Crippen LogP contribution in [0.1, 0.15) is 22.4 Å². The Hall–Kier alpha value is -1.46. The predicted octanol–water partition coefficient (Wildman–Crippen LogP) is 3.45. The average Bonchev–Trinajstić information content (AvgIpc) is 2.36. The van der Waals surface area contributed by atoms with E-state index in [2.05, 4.69) is 25.9 Å². The van der Waals surface area contributed by atoms with E-state index in [0.29, 0.717) is 11.3 Å². The molecule has 0 saturated carbocycles. The van der Waals surface area contributed by atoms with Gasteiger partial charge in [-0.05, 0) is 44.0 Å². The third kappa shape index (κ3) is 3.11. The van der Waals surface area contributed by atoms with Gasteiger partial charge in [0.25, 0.3) is 0 Å². The fourth-order valence-electron chi connectivity index (χ4n) is 1.75. The van der Waals surface area contributed by atoms with Crippen LogP contribution in [-0.2, 0) is 6.61 Å². The molecule has 0 aliphatic heterocycles. The molecule has 0 saturated heterocycles. The zero-order valence-corrected chi connectivity index (χ0v) is 12.7. The number of benzene rings is 1. The van der Waals surface area contributed by atoms with E-state index in [-0.39, 0.29) is 12.6 Å². The van der Waals surface area contributed by atoms with Crippen LogP contribution in [0.2, 0.25) is 0 Å². The molecule has 1 heterocycles. The predicted molar refractivity (Wildman–Crippen MR) is 76.4 cm³/mol. The highest BCUT2D eigenvalue weighted by molar-refractivity contribution is 9.10. The molecule has 0 spiro atoms. The van der Waals surface area contributed by atoms with Gasteiger partial charge in [-0.2, -0.15) is 4.98 Å². The Balaban J connectivity index is 2.29. The van der Waals surface area contributed by atoms with Gasteiger partial charge in [0.15, 0.2) is 0 Å². The molecule has 4 nitrogen and oxygen atoms in total. The van der Waals surface area contributed by atoms with E-state index in [1.165, 1.54) is 0 Å². The molecule has 0 radical (unpaired) electrons. The summed E-state index contributed by atoms with van der Waals surface area (Å²) in [6, 6.07) is 4.14. The summed E-state index contributed by atoms with van der Waals surface area (Å²) in [5, 5.41) is 9.08. The number of hydrogen-bond donors (Lipinski definition) is 1. The smallest absolute Gasteiger partial charge is 0.322 e. The molecule has 0 amide bonds. The number of aliphatic hydroxyl groups excluding tert-OH is 1. The molecule has 0 aliphatic carbocycles. The molecule has 1 aromatic heterocycles. The highest BCUT2D eigenvalue weighted by Crippen LogP contribution is 2.28. The Labute approximate surface area is 120 Å². The van der Waals surface area contributed by atoms with Crippen molar-refractivity contribution < 1.29 is 9.84 Å². The molecular formula is C14H15BrN2O2. The summed E-state index contributed by atoms with van der Waals surface area (Å²) in [4.78, 5) is 8.30. The molecule has 1 N–H and O–H groups in total. The number of aryl methyl sites for hydroxylation is 3. The van der Waals surface area contributed by atoms with Crippen molar-refractivity contribution in [3.63, 3.8) is 0 Å². The van der Waals surface area contributed by atoms with Gasteiger partial charge in [0.05, 0.1) is 12.3 Å². The molecule has 1 aromatic carbocycles. The first-order valence-electron chi connectivity index (χ1n) is 5.89. The Morgan fingerprint density at radius 1 is 1.21 bits per heavy atom. The van der Waals surface area contributed by atoms with E-state index < -0.39 is 0 Å². The molecule has 5 heteroatoms. The van der Waals surface area contributed by atoms with E-state index >= 15 is 0 Å². The lowest BCUT2D eigenvalue weighted by Crippen LogP contribution is -1.99. The van der Waals surface area contributed by atoms with Crippen LogP contribution < -0.4 is 4.74 Å². The normalized spacial score (nSPS) is 10.6. The van der Waals surface area contributed by atoms with Gasteiger partial charge in [0, 0.05) is 16.2 Å². The van der Waals surface area contributed by atoms with Gasteiger partial charge >= 0.3 is 6.01 Å². The van der Waals surface area contributed by atoms with Crippen LogP contribution in [0.25, 0.3) is 0 Å². The Bertz CT molecular complexity index is 591. The summed E-state index contributed by atoms with van der Waals surface area (Å²) < 4.78 is 6.73. The van der Waals surface area contributed by atoms with Gasteiger partial charge in [-0.15, -0.1) is 0 Å². The van der Waals surface area contributed by atoms with Crippen molar-refractivity contribution in [2.45, 2.75) is 27.4 Å². The molecule has 0 aliphatic rings. The van der Waals surface area contributed by atoms with Crippen LogP contribution in [0.4, 0.5) is 0 Å². The Morgan fingerprint density at radius 3 is 2.37 bits per heavy atom. The van der Waals surface area contributed by atoms with Crippen molar-refractivity contribution in [2.24, 2.45) is 0 Å². The van der Waals surface area contributed by atoms with E-state index in [9.17, 15) is 0 Å². The van der Waals surface area contributed by atoms with Gasteiger partial charge in [0.1, 0.15) is 5.75 Å². The lowest BCUT2D eigenvalue weighted by molar-refractivity contribution is 0.279. The van der Waals surface area contributed by atoms with E-state index in [1.807, 2.05) is 32.9 Å². The van der Waals surface area contributed by atoms with Crippen LogP contribution in [0.5, 0.6) is 11.8 Å². The SMILES string of the molecule is Cc1cc(Oc2ncc(CO)c(C)n2)cc(C)c1Br. The first-order valence-corrected chi connectivity index (χ1v) is 6.68. The summed E-state index contributed by atoms with van der Waals surface area (Å²) in [5.74, 6) is 0.703. The summed E-state index contributed by atoms with van der Waals surface area (Å²) in [6.45, 7) is 5.76. The highest BCUT2D eigenvalue weighted by atomic mass is 79.9. The summed E-state index contributed by atoms with van der Waals surface area (Å²) in [6.07, 6.45) is 1.58. The zero-order valence-electron chi connectivity index (χ0n) is 11.1. The number of ether oxygens (including phenoxy) is 1. The highest BCUT2D eigenvalue weighted by Gasteiger charge is 2.07. The lowest BCUT2D eigenvalue weighted by atomic mass is 10.1. The maximum Gasteiger partial charge on any atom is 0.322 e. The van der Waals surface area contributed by atoms with Crippen LogP contribution in [0, 0.1) is 20.8 Å². The van der Waals surface area contributed by atoms with Crippen molar-refractivity contribution in [3.8, 4) is 11.8 Å². The van der Waals surface area contributed by atoms with Crippen molar-refractivity contribution in [2.75, 3.05) is 0 Å². The molecule has 2 aromatic rings. The molecule has 100 valence electrons. The molecule has 2 rings (SSSR count). The van der Waals surface area contributed by atoms with Gasteiger partial charge in [-0.3, -0.25) is 0 Å². The fraction of sp³-hybridized carbons (Fsp3) is 0.286. The number of aromatic nitrogens is 2. The first-order chi connectivity index (χ1) is 9.01. The minimum atomic E-state index is -0.0669. The van der Waals surface area contributed by atoms with Crippen molar-refractivity contribution >= 4 is 15.9 Å². The van der Waals surface area contributed by atoms with Crippen LogP contribution >= 0.6 is 15.9 Å². The van der Waals surface area contributed by atoms with Gasteiger partial charge in [0.2, 0.25) is 0 Å². The van der Waals surface area contributed by atoms with E-state index in [0.717, 1.165) is 21.3 Å². The number of halogens is 1. The molecule has 0 fully saturated rings. The van der Waals surface area contributed by atoms with Crippen LogP contribution in [0.15, 0.2) is 22.8 Å². The second-order valence-corrected chi connectivity index (χ2v) is 5.19. The minimum absolute atomic E-state index is 0.0669. The van der Waals surface area contributed by atoms with E-state index in [1.54, 1.807) is 6.20 Å². The van der Waals surface area contributed by atoms with Gasteiger partial charge < -0.3 is 9.84 Å². The second-order valence-electron chi connectivity index (χ2n) is 4.39. The van der Waals surface area contributed by atoms with Crippen LogP contribution in [0.3, 0.4) is 0 Å². The second kappa shape index (κ2) is 5.67.